The molecule has 5 heteroatoms. The predicted molar refractivity (Wildman–Crippen MR) is 73.0 cm³/mol. The van der Waals surface area contributed by atoms with Crippen molar-refractivity contribution in [3.8, 4) is 5.75 Å². The summed E-state index contributed by atoms with van der Waals surface area (Å²) in [5.74, 6) is 0.898. The third-order valence-corrected chi connectivity index (χ3v) is 3.60. The number of methoxy groups -OCH3 is 1. The quantitative estimate of drug-likeness (QED) is 0.870. The Hall–Kier alpha value is -1.46. The van der Waals surface area contributed by atoms with Crippen LogP contribution in [0.3, 0.4) is 0 Å². The van der Waals surface area contributed by atoms with E-state index in [-0.39, 0.29) is 6.04 Å². The molecule has 2 rings (SSSR count). The maximum absolute atomic E-state index is 5.24. The molecule has 96 valence electrons. The van der Waals surface area contributed by atoms with E-state index >= 15 is 0 Å². The molecule has 0 aliphatic heterocycles. The first kappa shape index (κ1) is 13.0. The third kappa shape index (κ3) is 3.05. The third-order valence-electron chi connectivity index (χ3n) is 2.63. The van der Waals surface area contributed by atoms with E-state index in [1.54, 1.807) is 24.8 Å². The van der Waals surface area contributed by atoms with Crippen LogP contribution in [-0.2, 0) is 0 Å². The second-order valence-electron chi connectivity index (χ2n) is 3.95. The number of hydrogen-bond acceptors (Lipinski definition) is 5. The predicted octanol–water partition coefficient (Wildman–Crippen LogP) is 2.64. The molecule has 0 bridgehead atoms. The minimum absolute atomic E-state index is 0.139. The van der Waals surface area contributed by atoms with Crippen LogP contribution in [0.15, 0.2) is 30.2 Å². The van der Waals surface area contributed by atoms with Gasteiger partial charge in [0.25, 0.3) is 0 Å². The van der Waals surface area contributed by atoms with E-state index in [4.69, 9.17) is 4.74 Å². The molecule has 0 amide bonds. The smallest absolute Gasteiger partial charge is 0.129 e. The Morgan fingerprint density at radius 1 is 1.39 bits per heavy atom. The molecular formula is C13H17N3OS. The summed E-state index contributed by atoms with van der Waals surface area (Å²) in [7, 11) is 1.69. The molecule has 0 saturated carbocycles. The first-order valence-corrected chi connectivity index (χ1v) is 6.83. The van der Waals surface area contributed by atoms with Crippen LogP contribution < -0.4 is 10.1 Å². The number of ether oxygens (including phenoxy) is 1. The average Bonchev–Trinajstić information content (AvgIpc) is 2.89. The zero-order chi connectivity index (χ0) is 12.8. The van der Waals surface area contributed by atoms with Crippen molar-refractivity contribution in [1.29, 1.82) is 0 Å². The maximum atomic E-state index is 5.24. The molecule has 18 heavy (non-hydrogen) atoms. The van der Waals surface area contributed by atoms with E-state index in [0.717, 1.165) is 24.3 Å². The Morgan fingerprint density at radius 2 is 2.17 bits per heavy atom. The van der Waals surface area contributed by atoms with Crippen LogP contribution in [0.1, 0.15) is 29.8 Å². The molecule has 0 fully saturated rings. The number of aromatic nitrogens is 2. The van der Waals surface area contributed by atoms with Crippen LogP contribution in [0.2, 0.25) is 0 Å². The number of rotatable bonds is 6. The molecule has 1 N–H and O–H groups in total. The minimum atomic E-state index is 0.139. The number of thiophene rings is 1. The fraction of sp³-hybridized carbons (Fsp3) is 0.385. The highest BCUT2D eigenvalue weighted by Crippen LogP contribution is 2.30. The van der Waals surface area contributed by atoms with Crippen LogP contribution in [0, 0.1) is 0 Å². The van der Waals surface area contributed by atoms with Crippen molar-refractivity contribution in [1.82, 2.24) is 15.3 Å². The van der Waals surface area contributed by atoms with Gasteiger partial charge in [0.05, 0.1) is 13.2 Å². The Balaban J connectivity index is 2.24. The topological polar surface area (TPSA) is 47.0 Å². The van der Waals surface area contributed by atoms with Crippen molar-refractivity contribution >= 4 is 11.3 Å². The molecule has 1 unspecified atom stereocenters. The van der Waals surface area contributed by atoms with E-state index in [9.17, 15) is 0 Å². The van der Waals surface area contributed by atoms with E-state index in [1.807, 2.05) is 17.8 Å². The Morgan fingerprint density at radius 3 is 2.78 bits per heavy atom. The van der Waals surface area contributed by atoms with E-state index in [2.05, 4.69) is 28.3 Å². The van der Waals surface area contributed by atoms with Crippen LogP contribution in [0.5, 0.6) is 5.75 Å². The van der Waals surface area contributed by atoms with Gasteiger partial charge in [0.15, 0.2) is 0 Å². The van der Waals surface area contributed by atoms with Gasteiger partial charge in [0.2, 0.25) is 0 Å². The normalized spacial score (nSPS) is 12.3. The van der Waals surface area contributed by atoms with Gasteiger partial charge in [-0.2, -0.15) is 0 Å². The molecule has 0 aliphatic rings. The van der Waals surface area contributed by atoms with Crippen LogP contribution in [-0.4, -0.2) is 23.6 Å². The molecule has 0 radical (unpaired) electrons. The average molecular weight is 263 g/mol. The maximum Gasteiger partial charge on any atom is 0.129 e. The van der Waals surface area contributed by atoms with Crippen molar-refractivity contribution in [2.75, 3.05) is 13.7 Å². The van der Waals surface area contributed by atoms with E-state index < -0.39 is 0 Å². The summed E-state index contributed by atoms with van der Waals surface area (Å²) < 4.78 is 5.24. The molecule has 0 aromatic carbocycles. The van der Waals surface area contributed by atoms with Crippen LogP contribution >= 0.6 is 11.3 Å². The van der Waals surface area contributed by atoms with Gasteiger partial charge >= 0.3 is 0 Å². The Bertz CT molecular complexity index is 472. The highest BCUT2D eigenvalue weighted by atomic mass is 32.1. The first-order chi connectivity index (χ1) is 8.85. The molecule has 0 spiro atoms. The standard InChI is InChI=1S/C13H17N3OS/c1-3-4-16-13(10-6-14-9-15-7-10)12-5-11(17-2)8-18-12/h5-9,13,16H,3-4H2,1-2H3. The van der Waals surface area contributed by atoms with E-state index in [0.29, 0.717) is 0 Å². The van der Waals surface area contributed by atoms with Gasteiger partial charge < -0.3 is 10.1 Å². The van der Waals surface area contributed by atoms with Gasteiger partial charge in [-0.1, -0.05) is 6.92 Å². The summed E-state index contributed by atoms with van der Waals surface area (Å²) >= 11 is 1.68. The lowest BCUT2D eigenvalue weighted by atomic mass is 10.1. The molecule has 0 aliphatic carbocycles. The van der Waals surface area contributed by atoms with Gasteiger partial charge in [-0.05, 0) is 19.0 Å². The van der Waals surface area contributed by atoms with Crippen molar-refractivity contribution in [3.05, 3.63) is 40.6 Å². The molecule has 2 heterocycles. The summed E-state index contributed by atoms with van der Waals surface area (Å²) in [6.07, 6.45) is 6.35. The van der Waals surface area contributed by atoms with Gasteiger partial charge in [-0.3, -0.25) is 0 Å². The largest absolute Gasteiger partial charge is 0.496 e. The van der Waals surface area contributed by atoms with Crippen molar-refractivity contribution < 1.29 is 4.74 Å². The minimum Gasteiger partial charge on any atom is -0.496 e. The molecule has 0 saturated heterocycles. The lowest BCUT2D eigenvalue weighted by Crippen LogP contribution is -2.22. The number of hydrogen-bond donors (Lipinski definition) is 1. The lowest BCUT2D eigenvalue weighted by molar-refractivity contribution is 0.416. The van der Waals surface area contributed by atoms with Crippen LogP contribution in [0.4, 0.5) is 0 Å². The van der Waals surface area contributed by atoms with Crippen molar-refractivity contribution in [2.24, 2.45) is 0 Å². The molecule has 2 aromatic rings. The molecule has 4 nitrogen and oxygen atoms in total. The zero-order valence-electron chi connectivity index (χ0n) is 10.6. The monoisotopic (exact) mass is 263 g/mol. The molecule has 2 aromatic heterocycles. The summed E-state index contributed by atoms with van der Waals surface area (Å²) in [4.78, 5) is 9.39. The highest BCUT2D eigenvalue weighted by molar-refractivity contribution is 7.10. The summed E-state index contributed by atoms with van der Waals surface area (Å²) in [5, 5.41) is 5.53. The second kappa shape index (κ2) is 6.47. The SMILES string of the molecule is CCCNC(c1cncnc1)c1cc(OC)cs1. The Labute approximate surface area is 111 Å². The summed E-state index contributed by atoms with van der Waals surface area (Å²) in [6.45, 7) is 3.11. The van der Waals surface area contributed by atoms with Crippen LogP contribution in [0.25, 0.3) is 0 Å². The van der Waals surface area contributed by atoms with Crippen molar-refractivity contribution in [2.45, 2.75) is 19.4 Å². The summed E-state index contributed by atoms with van der Waals surface area (Å²) in [5.41, 5.74) is 1.08. The van der Waals surface area contributed by atoms with Gasteiger partial charge in [0.1, 0.15) is 12.1 Å². The fourth-order valence-corrected chi connectivity index (χ4v) is 2.68. The Kier molecular flexibility index (Phi) is 4.66. The fourth-order valence-electron chi connectivity index (χ4n) is 1.72. The molecular weight excluding hydrogens is 246 g/mol. The zero-order valence-corrected chi connectivity index (χ0v) is 11.4. The first-order valence-electron chi connectivity index (χ1n) is 5.96. The van der Waals surface area contributed by atoms with Gasteiger partial charge in [-0.15, -0.1) is 11.3 Å². The highest BCUT2D eigenvalue weighted by Gasteiger charge is 2.16. The summed E-state index contributed by atoms with van der Waals surface area (Å²) in [6, 6.07) is 2.20. The van der Waals surface area contributed by atoms with Gasteiger partial charge in [0, 0.05) is 28.2 Å². The van der Waals surface area contributed by atoms with E-state index in [1.165, 1.54) is 4.88 Å². The van der Waals surface area contributed by atoms with Gasteiger partial charge in [-0.25, -0.2) is 9.97 Å². The number of nitrogens with zero attached hydrogens (tertiary/aromatic N) is 2. The van der Waals surface area contributed by atoms with Crippen molar-refractivity contribution in [3.63, 3.8) is 0 Å². The molecule has 1 atom stereocenters. The number of nitrogens with one attached hydrogen (secondary N) is 1. The lowest BCUT2D eigenvalue weighted by Gasteiger charge is -2.16. The second-order valence-corrected chi connectivity index (χ2v) is 4.89.